The van der Waals surface area contributed by atoms with E-state index in [9.17, 15) is 0 Å². The maximum Gasteiger partial charge on any atom is 0.0860 e. The molecular weight excluding hydrogens is 233 g/mol. The molecule has 0 fully saturated rings. The summed E-state index contributed by atoms with van der Waals surface area (Å²) in [6.07, 6.45) is 1.01. The first kappa shape index (κ1) is 12.8. The van der Waals surface area contributed by atoms with Crippen LogP contribution in [0.1, 0.15) is 24.7 Å². The standard InChI is InChI=1S/C10H17Cl2N3/c1-4-8(5-11)13-6-9-10(12)7(2)14-15(9)3/h8,13H,4-6H2,1-3H3. The van der Waals surface area contributed by atoms with Gasteiger partial charge >= 0.3 is 0 Å². The van der Waals surface area contributed by atoms with Crippen molar-refractivity contribution in [2.75, 3.05) is 5.88 Å². The first-order chi connectivity index (χ1) is 7.10. The van der Waals surface area contributed by atoms with Crippen molar-refractivity contribution in [2.45, 2.75) is 32.9 Å². The third-order valence-electron chi connectivity index (χ3n) is 2.50. The SMILES string of the molecule is CCC(CCl)NCc1c(Cl)c(C)nn1C. The highest BCUT2D eigenvalue weighted by Gasteiger charge is 2.12. The fraction of sp³-hybridized carbons (Fsp3) is 0.700. The van der Waals surface area contributed by atoms with Crippen LogP contribution in [0.25, 0.3) is 0 Å². The van der Waals surface area contributed by atoms with Gasteiger partial charge in [0.2, 0.25) is 0 Å². The van der Waals surface area contributed by atoms with Crippen LogP contribution < -0.4 is 5.32 Å². The van der Waals surface area contributed by atoms with E-state index in [1.807, 2.05) is 18.7 Å². The summed E-state index contributed by atoms with van der Waals surface area (Å²) in [6.45, 7) is 4.72. The monoisotopic (exact) mass is 249 g/mol. The van der Waals surface area contributed by atoms with Crippen LogP contribution in [0, 0.1) is 6.92 Å². The van der Waals surface area contributed by atoms with E-state index in [1.165, 1.54) is 0 Å². The van der Waals surface area contributed by atoms with Gasteiger partial charge in [-0.2, -0.15) is 5.10 Å². The van der Waals surface area contributed by atoms with Crippen LogP contribution in [0.2, 0.25) is 5.02 Å². The van der Waals surface area contributed by atoms with Crippen LogP contribution in [0.15, 0.2) is 0 Å². The Kier molecular flexibility index (Phi) is 4.90. The molecule has 0 aliphatic carbocycles. The van der Waals surface area contributed by atoms with Gasteiger partial charge in [0.15, 0.2) is 0 Å². The van der Waals surface area contributed by atoms with E-state index in [0.29, 0.717) is 18.5 Å². The van der Waals surface area contributed by atoms with Crippen molar-refractivity contribution in [3.05, 3.63) is 16.4 Å². The normalized spacial score (nSPS) is 13.1. The lowest BCUT2D eigenvalue weighted by atomic mass is 10.2. The van der Waals surface area contributed by atoms with Gasteiger partial charge < -0.3 is 5.32 Å². The molecule has 1 aromatic rings. The molecule has 1 N–H and O–H groups in total. The summed E-state index contributed by atoms with van der Waals surface area (Å²) in [7, 11) is 1.90. The Bertz CT molecular complexity index is 319. The number of nitrogens with one attached hydrogen (secondary N) is 1. The molecule has 0 aliphatic rings. The van der Waals surface area contributed by atoms with Gasteiger partial charge in [0.1, 0.15) is 0 Å². The molecule has 0 radical (unpaired) electrons. The summed E-state index contributed by atoms with van der Waals surface area (Å²) in [4.78, 5) is 0. The lowest BCUT2D eigenvalue weighted by molar-refractivity contribution is 0.520. The fourth-order valence-electron chi connectivity index (χ4n) is 1.42. The molecule has 1 rings (SSSR count). The lowest BCUT2D eigenvalue weighted by Crippen LogP contribution is -2.30. The molecule has 0 bridgehead atoms. The third-order valence-corrected chi connectivity index (χ3v) is 3.36. The Morgan fingerprint density at radius 2 is 2.20 bits per heavy atom. The number of hydrogen-bond donors (Lipinski definition) is 1. The minimum Gasteiger partial charge on any atom is -0.307 e. The van der Waals surface area contributed by atoms with Crippen molar-refractivity contribution in [3.63, 3.8) is 0 Å². The van der Waals surface area contributed by atoms with Gasteiger partial charge in [-0.05, 0) is 13.3 Å². The van der Waals surface area contributed by atoms with E-state index < -0.39 is 0 Å². The van der Waals surface area contributed by atoms with Crippen LogP contribution >= 0.6 is 23.2 Å². The van der Waals surface area contributed by atoms with Gasteiger partial charge in [-0.1, -0.05) is 18.5 Å². The van der Waals surface area contributed by atoms with Crippen LogP contribution in [0.4, 0.5) is 0 Å². The second kappa shape index (κ2) is 5.73. The molecule has 0 spiro atoms. The van der Waals surface area contributed by atoms with E-state index in [1.54, 1.807) is 0 Å². The van der Waals surface area contributed by atoms with Crippen molar-refractivity contribution < 1.29 is 0 Å². The van der Waals surface area contributed by atoms with Gasteiger partial charge in [-0.25, -0.2) is 0 Å². The zero-order chi connectivity index (χ0) is 11.4. The van der Waals surface area contributed by atoms with E-state index in [0.717, 1.165) is 22.8 Å². The molecule has 86 valence electrons. The highest BCUT2D eigenvalue weighted by atomic mass is 35.5. The molecular formula is C10H17Cl2N3. The molecule has 0 aliphatic heterocycles. The quantitative estimate of drug-likeness (QED) is 0.813. The number of aromatic nitrogens is 2. The van der Waals surface area contributed by atoms with Crippen molar-refractivity contribution in [2.24, 2.45) is 7.05 Å². The Hall–Kier alpha value is -0.250. The molecule has 0 aromatic carbocycles. The van der Waals surface area contributed by atoms with Gasteiger partial charge in [-0.15, -0.1) is 11.6 Å². The van der Waals surface area contributed by atoms with Gasteiger partial charge in [0.25, 0.3) is 0 Å². The molecule has 1 aromatic heterocycles. The number of hydrogen-bond acceptors (Lipinski definition) is 2. The van der Waals surface area contributed by atoms with Crippen LogP contribution in [-0.4, -0.2) is 21.7 Å². The summed E-state index contributed by atoms with van der Waals surface area (Å²) in [5.74, 6) is 0.616. The van der Waals surface area contributed by atoms with Crippen molar-refractivity contribution in [1.29, 1.82) is 0 Å². The van der Waals surface area contributed by atoms with Crippen molar-refractivity contribution in [3.8, 4) is 0 Å². The van der Waals surface area contributed by atoms with Gasteiger partial charge in [0.05, 0.1) is 16.4 Å². The average molecular weight is 250 g/mol. The summed E-state index contributed by atoms with van der Waals surface area (Å²) in [5.41, 5.74) is 1.88. The molecule has 3 nitrogen and oxygen atoms in total. The summed E-state index contributed by atoms with van der Waals surface area (Å²) in [6, 6.07) is 0.331. The van der Waals surface area contributed by atoms with Crippen LogP contribution in [0.5, 0.6) is 0 Å². The maximum absolute atomic E-state index is 6.13. The molecule has 0 saturated carbocycles. The Morgan fingerprint density at radius 1 is 1.53 bits per heavy atom. The Labute approximate surface area is 101 Å². The molecule has 1 unspecified atom stereocenters. The molecule has 15 heavy (non-hydrogen) atoms. The molecule has 5 heteroatoms. The highest BCUT2D eigenvalue weighted by Crippen LogP contribution is 2.19. The minimum atomic E-state index is 0.331. The fourth-order valence-corrected chi connectivity index (χ4v) is 1.98. The summed E-state index contributed by atoms with van der Waals surface area (Å²) < 4.78 is 1.81. The summed E-state index contributed by atoms with van der Waals surface area (Å²) >= 11 is 11.9. The van der Waals surface area contributed by atoms with E-state index in [2.05, 4.69) is 17.3 Å². The van der Waals surface area contributed by atoms with E-state index in [-0.39, 0.29) is 0 Å². The number of nitrogens with zero attached hydrogens (tertiary/aromatic N) is 2. The highest BCUT2D eigenvalue weighted by molar-refractivity contribution is 6.31. The van der Waals surface area contributed by atoms with E-state index >= 15 is 0 Å². The number of aryl methyl sites for hydroxylation is 2. The first-order valence-electron chi connectivity index (χ1n) is 5.07. The lowest BCUT2D eigenvalue weighted by Gasteiger charge is -2.13. The second-order valence-electron chi connectivity index (χ2n) is 3.61. The molecule has 1 atom stereocenters. The average Bonchev–Trinajstić information content (AvgIpc) is 2.45. The topological polar surface area (TPSA) is 29.9 Å². The molecule has 1 heterocycles. The smallest absolute Gasteiger partial charge is 0.0860 e. The van der Waals surface area contributed by atoms with E-state index in [4.69, 9.17) is 23.2 Å². The van der Waals surface area contributed by atoms with Gasteiger partial charge in [0, 0.05) is 25.5 Å². The number of alkyl halides is 1. The zero-order valence-corrected chi connectivity index (χ0v) is 10.9. The number of rotatable bonds is 5. The molecule has 0 amide bonds. The number of halogens is 2. The largest absolute Gasteiger partial charge is 0.307 e. The Balaban J connectivity index is 2.64. The van der Waals surface area contributed by atoms with Crippen molar-refractivity contribution in [1.82, 2.24) is 15.1 Å². The van der Waals surface area contributed by atoms with Crippen LogP contribution in [0.3, 0.4) is 0 Å². The predicted octanol–water partition coefficient (Wildman–Crippen LogP) is 2.49. The zero-order valence-electron chi connectivity index (χ0n) is 9.35. The van der Waals surface area contributed by atoms with Crippen molar-refractivity contribution >= 4 is 23.2 Å². The Morgan fingerprint density at radius 3 is 2.60 bits per heavy atom. The third kappa shape index (κ3) is 3.10. The van der Waals surface area contributed by atoms with Gasteiger partial charge in [-0.3, -0.25) is 4.68 Å². The van der Waals surface area contributed by atoms with Crippen LogP contribution in [-0.2, 0) is 13.6 Å². The maximum atomic E-state index is 6.13. The predicted molar refractivity (Wildman–Crippen MR) is 64.6 cm³/mol. The molecule has 0 saturated heterocycles. The second-order valence-corrected chi connectivity index (χ2v) is 4.30. The minimum absolute atomic E-state index is 0.331. The summed E-state index contributed by atoms with van der Waals surface area (Å²) in [5, 5.41) is 8.35. The first-order valence-corrected chi connectivity index (χ1v) is 5.98.